The summed E-state index contributed by atoms with van der Waals surface area (Å²) in [5.41, 5.74) is 2.57. The van der Waals surface area contributed by atoms with Gasteiger partial charge in [-0.3, -0.25) is 9.59 Å². The summed E-state index contributed by atoms with van der Waals surface area (Å²) in [6.07, 6.45) is 0.614. The van der Waals surface area contributed by atoms with Crippen molar-refractivity contribution in [3.63, 3.8) is 0 Å². The largest absolute Gasteiger partial charge is 0.312 e. The van der Waals surface area contributed by atoms with E-state index in [1.807, 2.05) is 0 Å². The SMILES string of the molecule is O=C(Nc1c2c(nn1C1CCS(=O)(=O)C1)CSC2)C1CC(=O)N(c2ccc(Cl)cc2)C1. The number of hydrogen-bond donors (Lipinski definition) is 1. The molecule has 3 aliphatic rings. The van der Waals surface area contributed by atoms with Crippen LogP contribution < -0.4 is 10.2 Å². The quantitative estimate of drug-likeness (QED) is 0.721. The standard InChI is InChI=1S/C20H21ClN4O4S2/c21-13-1-3-14(4-2-13)24-8-12(7-18(24)26)20(27)22-19-16-9-30-10-17(16)23-25(19)15-5-6-31(28,29)11-15/h1-4,12,15H,5-11H2,(H,22,27). The summed E-state index contributed by atoms with van der Waals surface area (Å²) < 4.78 is 25.6. The van der Waals surface area contributed by atoms with E-state index in [1.165, 1.54) is 0 Å². The van der Waals surface area contributed by atoms with Crippen LogP contribution in [0.1, 0.15) is 30.1 Å². The average molecular weight is 481 g/mol. The third kappa shape index (κ3) is 3.96. The Morgan fingerprint density at radius 1 is 1.23 bits per heavy atom. The van der Waals surface area contributed by atoms with E-state index >= 15 is 0 Å². The van der Waals surface area contributed by atoms with Crippen LogP contribution in [0.2, 0.25) is 5.02 Å². The van der Waals surface area contributed by atoms with Gasteiger partial charge in [-0.2, -0.15) is 16.9 Å². The van der Waals surface area contributed by atoms with E-state index in [1.54, 1.807) is 45.6 Å². The van der Waals surface area contributed by atoms with Gasteiger partial charge in [-0.25, -0.2) is 13.1 Å². The Labute approximate surface area is 189 Å². The summed E-state index contributed by atoms with van der Waals surface area (Å²) in [7, 11) is -3.08. The highest BCUT2D eigenvalue weighted by Crippen LogP contribution is 2.38. The second-order valence-electron chi connectivity index (χ2n) is 8.14. The van der Waals surface area contributed by atoms with Crippen LogP contribution in [-0.4, -0.2) is 48.1 Å². The fraction of sp³-hybridized carbons (Fsp3) is 0.450. The number of aromatic nitrogens is 2. The van der Waals surface area contributed by atoms with E-state index in [4.69, 9.17) is 11.6 Å². The molecule has 2 amide bonds. The zero-order valence-electron chi connectivity index (χ0n) is 16.6. The molecule has 2 fully saturated rings. The highest BCUT2D eigenvalue weighted by Gasteiger charge is 2.38. The van der Waals surface area contributed by atoms with Gasteiger partial charge in [0.2, 0.25) is 11.8 Å². The molecule has 0 bridgehead atoms. The minimum Gasteiger partial charge on any atom is -0.312 e. The predicted octanol–water partition coefficient (Wildman–Crippen LogP) is 2.63. The number of rotatable bonds is 4. The van der Waals surface area contributed by atoms with Crippen molar-refractivity contribution in [1.82, 2.24) is 9.78 Å². The lowest BCUT2D eigenvalue weighted by Gasteiger charge is -2.18. The molecular formula is C20H21ClN4O4S2. The summed E-state index contributed by atoms with van der Waals surface area (Å²) in [5, 5.41) is 8.20. The first kappa shape index (κ1) is 20.8. The predicted molar refractivity (Wildman–Crippen MR) is 120 cm³/mol. The molecule has 1 N–H and O–H groups in total. The van der Waals surface area contributed by atoms with Gasteiger partial charge in [0.15, 0.2) is 9.84 Å². The zero-order valence-corrected chi connectivity index (χ0v) is 19.0. The van der Waals surface area contributed by atoms with Crippen LogP contribution in [0, 0.1) is 5.92 Å². The number of hydrogen-bond acceptors (Lipinski definition) is 6. The third-order valence-electron chi connectivity index (χ3n) is 6.01. The number of amides is 2. The van der Waals surface area contributed by atoms with Gasteiger partial charge in [-0.05, 0) is 30.7 Å². The van der Waals surface area contributed by atoms with Crippen LogP contribution in [0.4, 0.5) is 11.5 Å². The molecule has 11 heteroatoms. The number of anilines is 2. The number of thioether (sulfide) groups is 1. The number of nitrogens with one attached hydrogen (secondary N) is 1. The van der Waals surface area contributed by atoms with Crippen LogP contribution in [0.5, 0.6) is 0 Å². The van der Waals surface area contributed by atoms with Crippen molar-refractivity contribution in [2.24, 2.45) is 5.92 Å². The minimum absolute atomic E-state index is 0.0375. The minimum atomic E-state index is -3.08. The highest BCUT2D eigenvalue weighted by atomic mass is 35.5. The molecule has 1 aromatic heterocycles. The molecule has 2 unspecified atom stereocenters. The van der Waals surface area contributed by atoms with Crippen LogP contribution >= 0.6 is 23.4 Å². The third-order valence-corrected chi connectivity index (χ3v) is 8.98. The van der Waals surface area contributed by atoms with Gasteiger partial charge in [0.25, 0.3) is 0 Å². The monoisotopic (exact) mass is 480 g/mol. The fourth-order valence-corrected chi connectivity index (χ4v) is 7.22. The second kappa shape index (κ2) is 7.83. The molecule has 0 aliphatic carbocycles. The van der Waals surface area contributed by atoms with Crippen LogP contribution in [0.25, 0.3) is 0 Å². The number of nitrogens with zero attached hydrogens (tertiary/aromatic N) is 3. The van der Waals surface area contributed by atoms with Crippen LogP contribution in [-0.2, 0) is 30.9 Å². The number of benzene rings is 1. The lowest BCUT2D eigenvalue weighted by molar-refractivity contribution is -0.122. The molecule has 2 aromatic rings. The van der Waals surface area contributed by atoms with Crippen LogP contribution in [0.3, 0.4) is 0 Å². The van der Waals surface area contributed by atoms with E-state index in [2.05, 4.69) is 10.4 Å². The molecule has 0 spiro atoms. The average Bonchev–Trinajstić information content (AvgIpc) is 3.47. The molecule has 8 nitrogen and oxygen atoms in total. The molecule has 2 saturated heterocycles. The van der Waals surface area contributed by atoms with Crippen molar-refractivity contribution in [1.29, 1.82) is 0 Å². The van der Waals surface area contributed by atoms with Gasteiger partial charge in [0.1, 0.15) is 5.82 Å². The van der Waals surface area contributed by atoms with Gasteiger partial charge in [0.05, 0.1) is 29.2 Å². The first-order chi connectivity index (χ1) is 14.8. The first-order valence-electron chi connectivity index (χ1n) is 10.1. The molecule has 2 atom stereocenters. The number of fused-ring (bicyclic) bond motifs is 1. The molecule has 0 radical (unpaired) electrons. The maximum Gasteiger partial charge on any atom is 0.230 e. The molecular weight excluding hydrogens is 460 g/mol. The Hall–Kier alpha value is -2.04. The Morgan fingerprint density at radius 3 is 2.71 bits per heavy atom. The number of halogens is 1. The Balaban J connectivity index is 1.36. The lowest BCUT2D eigenvalue weighted by atomic mass is 10.1. The summed E-state index contributed by atoms with van der Waals surface area (Å²) in [4.78, 5) is 27.2. The van der Waals surface area contributed by atoms with Gasteiger partial charge in [-0.15, -0.1) is 0 Å². The van der Waals surface area contributed by atoms with E-state index < -0.39 is 15.8 Å². The van der Waals surface area contributed by atoms with E-state index in [0.29, 0.717) is 22.9 Å². The van der Waals surface area contributed by atoms with E-state index in [0.717, 1.165) is 22.8 Å². The van der Waals surface area contributed by atoms with Gasteiger partial charge >= 0.3 is 0 Å². The Bertz CT molecular complexity index is 1160. The molecule has 0 saturated carbocycles. The van der Waals surface area contributed by atoms with Crippen molar-refractivity contribution in [2.45, 2.75) is 30.4 Å². The van der Waals surface area contributed by atoms with Gasteiger partial charge < -0.3 is 10.2 Å². The topological polar surface area (TPSA) is 101 Å². The normalized spacial score (nSPS) is 24.5. The van der Waals surface area contributed by atoms with Crippen molar-refractivity contribution in [3.05, 3.63) is 40.5 Å². The van der Waals surface area contributed by atoms with E-state index in [-0.39, 0.29) is 42.3 Å². The van der Waals surface area contributed by atoms with Crippen LogP contribution in [0.15, 0.2) is 24.3 Å². The smallest absolute Gasteiger partial charge is 0.230 e. The lowest BCUT2D eigenvalue weighted by Crippen LogP contribution is -2.29. The van der Waals surface area contributed by atoms with Crippen molar-refractivity contribution < 1.29 is 18.0 Å². The van der Waals surface area contributed by atoms with Gasteiger partial charge in [0, 0.05) is 40.7 Å². The molecule has 31 heavy (non-hydrogen) atoms. The number of carbonyl (C=O) groups excluding carboxylic acids is 2. The molecule has 5 rings (SSSR count). The number of sulfone groups is 1. The summed E-state index contributed by atoms with van der Waals surface area (Å²) >= 11 is 7.65. The summed E-state index contributed by atoms with van der Waals surface area (Å²) in [5.74, 6) is 1.38. The molecule has 1 aromatic carbocycles. The second-order valence-corrected chi connectivity index (χ2v) is 11.8. The molecule has 3 aliphatic heterocycles. The molecule has 4 heterocycles. The van der Waals surface area contributed by atoms with Crippen molar-refractivity contribution in [3.8, 4) is 0 Å². The number of carbonyl (C=O) groups is 2. The maximum atomic E-state index is 13.1. The summed E-state index contributed by atoms with van der Waals surface area (Å²) in [6.45, 7) is 0.287. The van der Waals surface area contributed by atoms with Gasteiger partial charge in [-0.1, -0.05) is 11.6 Å². The van der Waals surface area contributed by atoms with Crippen molar-refractivity contribution in [2.75, 3.05) is 28.3 Å². The molecule has 164 valence electrons. The van der Waals surface area contributed by atoms with Crippen molar-refractivity contribution >= 4 is 56.5 Å². The first-order valence-corrected chi connectivity index (χ1v) is 13.4. The highest BCUT2D eigenvalue weighted by molar-refractivity contribution is 7.98. The Kier molecular flexibility index (Phi) is 5.26. The Morgan fingerprint density at radius 2 is 2.00 bits per heavy atom. The fourth-order valence-electron chi connectivity index (χ4n) is 4.37. The summed E-state index contributed by atoms with van der Waals surface area (Å²) in [6, 6.07) is 6.69. The maximum absolute atomic E-state index is 13.1. The van der Waals surface area contributed by atoms with E-state index in [9.17, 15) is 18.0 Å². The zero-order chi connectivity index (χ0) is 21.8.